The van der Waals surface area contributed by atoms with Crippen LogP contribution >= 0.6 is 11.3 Å². The zero-order chi connectivity index (χ0) is 19.6. The van der Waals surface area contributed by atoms with E-state index in [0.717, 1.165) is 12.0 Å². The molecule has 0 bridgehead atoms. The summed E-state index contributed by atoms with van der Waals surface area (Å²) in [7, 11) is 0.107. The number of nitrogens with one attached hydrogen (secondary N) is 2. The smallest absolute Gasteiger partial charge is 0.254 e. The van der Waals surface area contributed by atoms with E-state index in [1.54, 1.807) is 32.2 Å². The van der Waals surface area contributed by atoms with Crippen LogP contribution in [0.2, 0.25) is 0 Å². The van der Waals surface area contributed by atoms with Gasteiger partial charge in [-0.15, -0.1) is 11.3 Å². The molecule has 0 aliphatic carbocycles. The van der Waals surface area contributed by atoms with Crippen LogP contribution in [0.3, 0.4) is 0 Å². The molecule has 1 atom stereocenters. The maximum atomic E-state index is 14.4. The van der Waals surface area contributed by atoms with Crippen molar-refractivity contribution in [2.24, 2.45) is 7.05 Å². The standard InChI is InChI=1S/C19H20FN3O2S2/c1-4-13-7-8-15(14(20)11-13)21-18-16(10-12(2)19(24)23(18)3)22-27(25)17-6-5-9-26-17/h5-11,21-22H,4H2,1-3H3. The first-order valence-corrected chi connectivity index (χ1v) is 10.4. The number of hydrogen-bond donors (Lipinski definition) is 2. The highest BCUT2D eigenvalue weighted by atomic mass is 32.2. The highest BCUT2D eigenvalue weighted by Gasteiger charge is 2.15. The second kappa shape index (κ2) is 8.06. The molecular weight excluding hydrogens is 385 g/mol. The summed E-state index contributed by atoms with van der Waals surface area (Å²) in [6.07, 6.45) is 0.729. The molecular formula is C19H20FN3O2S2. The molecule has 27 heavy (non-hydrogen) atoms. The van der Waals surface area contributed by atoms with Crippen LogP contribution in [0.15, 0.2) is 50.8 Å². The van der Waals surface area contributed by atoms with Crippen molar-refractivity contribution in [3.8, 4) is 0 Å². The van der Waals surface area contributed by atoms with E-state index >= 15 is 0 Å². The largest absolute Gasteiger partial charge is 0.337 e. The predicted molar refractivity (Wildman–Crippen MR) is 110 cm³/mol. The molecule has 0 aliphatic rings. The highest BCUT2D eigenvalue weighted by molar-refractivity contribution is 7.88. The predicted octanol–water partition coefficient (Wildman–Crippen LogP) is 4.34. The lowest BCUT2D eigenvalue weighted by atomic mass is 10.1. The van der Waals surface area contributed by atoms with Gasteiger partial charge in [-0.25, -0.2) is 8.60 Å². The van der Waals surface area contributed by atoms with E-state index in [2.05, 4.69) is 10.0 Å². The summed E-state index contributed by atoms with van der Waals surface area (Å²) in [6, 6.07) is 10.1. The molecule has 1 unspecified atom stereocenters. The van der Waals surface area contributed by atoms with E-state index in [-0.39, 0.29) is 11.2 Å². The van der Waals surface area contributed by atoms with Crippen LogP contribution in [-0.4, -0.2) is 8.78 Å². The Labute approximate surface area is 163 Å². The number of anilines is 3. The first kappa shape index (κ1) is 19.3. The van der Waals surface area contributed by atoms with Gasteiger partial charge in [0.15, 0.2) is 11.0 Å². The summed E-state index contributed by atoms with van der Waals surface area (Å²) in [4.78, 5) is 12.4. The first-order chi connectivity index (χ1) is 12.9. The molecule has 142 valence electrons. The molecule has 3 rings (SSSR count). The monoisotopic (exact) mass is 405 g/mol. The maximum absolute atomic E-state index is 14.4. The number of aromatic nitrogens is 1. The number of benzene rings is 1. The Morgan fingerprint density at radius 2 is 2.00 bits per heavy atom. The van der Waals surface area contributed by atoms with E-state index in [1.807, 2.05) is 24.4 Å². The van der Waals surface area contributed by atoms with Gasteiger partial charge in [-0.3, -0.25) is 14.1 Å². The van der Waals surface area contributed by atoms with Gasteiger partial charge in [0.05, 0.1) is 11.4 Å². The molecule has 0 spiro atoms. The van der Waals surface area contributed by atoms with Gasteiger partial charge in [0.2, 0.25) is 0 Å². The van der Waals surface area contributed by atoms with Crippen molar-refractivity contribution in [2.75, 3.05) is 10.0 Å². The van der Waals surface area contributed by atoms with Crippen LogP contribution in [0.5, 0.6) is 0 Å². The lowest BCUT2D eigenvalue weighted by molar-refractivity contribution is 0.629. The minimum absolute atomic E-state index is 0.212. The number of nitrogens with zero attached hydrogens (tertiary/aromatic N) is 1. The number of aryl methyl sites for hydroxylation is 2. The van der Waals surface area contributed by atoms with Crippen molar-refractivity contribution in [1.82, 2.24) is 4.57 Å². The quantitative estimate of drug-likeness (QED) is 0.641. The summed E-state index contributed by atoms with van der Waals surface area (Å²) in [5.74, 6) is -0.0636. The zero-order valence-corrected chi connectivity index (χ0v) is 16.8. The van der Waals surface area contributed by atoms with Gasteiger partial charge in [0.25, 0.3) is 5.56 Å². The van der Waals surface area contributed by atoms with Crippen LogP contribution in [0.25, 0.3) is 0 Å². The van der Waals surface area contributed by atoms with Crippen molar-refractivity contribution in [2.45, 2.75) is 24.5 Å². The number of halogens is 1. The number of hydrogen-bond acceptors (Lipinski definition) is 4. The fraction of sp³-hybridized carbons (Fsp3) is 0.211. The third-order valence-electron chi connectivity index (χ3n) is 4.17. The van der Waals surface area contributed by atoms with Crippen molar-refractivity contribution >= 4 is 39.5 Å². The van der Waals surface area contributed by atoms with Crippen molar-refractivity contribution < 1.29 is 8.60 Å². The highest BCUT2D eigenvalue weighted by Crippen LogP contribution is 2.28. The normalized spacial score (nSPS) is 12.0. The van der Waals surface area contributed by atoms with Gasteiger partial charge in [-0.2, -0.15) is 0 Å². The van der Waals surface area contributed by atoms with Gasteiger partial charge in [-0.1, -0.05) is 19.1 Å². The third-order valence-corrected chi connectivity index (χ3v) is 6.48. The molecule has 2 heterocycles. The number of pyridine rings is 1. The molecule has 2 aromatic heterocycles. The Hall–Kier alpha value is -2.45. The molecule has 0 fully saturated rings. The lowest BCUT2D eigenvalue weighted by Gasteiger charge is -2.18. The molecule has 0 radical (unpaired) electrons. The summed E-state index contributed by atoms with van der Waals surface area (Å²) in [5, 5.41) is 4.81. The fourth-order valence-electron chi connectivity index (χ4n) is 2.65. The van der Waals surface area contributed by atoms with Crippen LogP contribution in [-0.2, 0) is 24.5 Å². The Kier molecular flexibility index (Phi) is 5.76. The Balaban J connectivity index is 2.01. The Morgan fingerprint density at radius 1 is 1.22 bits per heavy atom. The number of thiophene rings is 1. The number of rotatable bonds is 6. The minimum atomic E-state index is -1.49. The van der Waals surface area contributed by atoms with Gasteiger partial charge >= 0.3 is 0 Å². The van der Waals surface area contributed by atoms with Gasteiger partial charge in [0, 0.05) is 12.6 Å². The molecule has 0 saturated heterocycles. The molecule has 0 aliphatic heterocycles. The summed E-state index contributed by atoms with van der Waals surface area (Å²) >= 11 is 1.37. The van der Waals surface area contributed by atoms with Gasteiger partial charge < -0.3 is 5.32 Å². The second-order valence-electron chi connectivity index (χ2n) is 6.05. The SMILES string of the molecule is CCc1ccc(Nc2c(NS(=O)c3cccs3)cc(C)c(=O)n2C)c(F)c1. The third kappa shape index (κ3) is 4.12. The topological polar surface area (TPSA) is 63.1 Å². The molecule has 0 saturated carbocycles. The Bertz CT molecular complexity index is 1050. The van der Waals surface area contributed by atoms with Crippen molar-refractivity contribution in [3.63, 3.8) is 0 Å². The average Bonchev–Trinajstić information content (AvgIpc) is 3.19. The zero-order valence-electron chi connectivity index (χ0n) is 15.2. The van der Waals surface area contributed by atoms with E-state index in [4.69, 9.17) is 0 Å². The summed E-state index contributed by atoms with van der Waals surface area (Å²) in [5.41, 5.74) is 1.87. The van der Waals surface area contributed by atoms with E-state index < -0.39 is 16.8 Å². The fourth-order valence-corrected chi connectivity index (χ4v) is 4.40. The van der Waals surface area contributed by atoms with Crippen molar-refractivity contribution in [3.05, 3.63) is 69.1 Å². The molecule has 2 N–H and O–H groups in total. The molecule has 1 aromatic carbocycles. The van der Waals surface area contributed by atoms with Crippen LogP contribution in [0.4, 0.5) is 21.6 Å². The first-order valence-electron chi connectivity index (χ1n) is 8.38. The minimum Gasteiger partial charge on any atom is -0.337 e. The molecule has 0 amide bonds. The van der Waals surface area contributed by atoms with E-state index in [0.29, 0.717) is 21.3 Å². The molecule has 5 nitrogen and oxygen atoms in total. The Morgan fingerprint density at radius 3 is 2.63 bits per heavy atom. The lowest BCUT2D eigenvalue weighted by Crippen LogP contribution is -2.23. The maximum Gasteiger partial charge on any atom is 0.254 e. The molecule has 8 heteroatoms. The second-order valence-corrected chi connectivity index (χ2v) is 8.44. The van der Waals surface area contributed by atoms with E-state index in [9.17, 15) is 13.4 Å². The summed E-state index contributed by atoms with van der Waals surface area (Å²) in [6.45, 7) is 3.63. The average molecular weight is 406 g/mol. The molecule has 3 aromatic rings. The van der Waals surface area contributed by atoms with Gasteiger partial charge in [-0.05, 0) is 48.6 Å². The van der Waals surface area contributed by atoms with Crippen LogP contribution in [0, 0.1) is 12.7 Å². The van der Waals surface area contributed by atoms with Crippen molar-refractivity contribution in [1.29, 1.82) is 0 Å². The van der Waals surface area contributed by atoms with Crippen LogP contribution in [0.1, 0.15) is 18.1 Å². The van der Waals surface area contributed by atoms with Crippen LogP contribution < -0.4 is 15.6 Å². The van der Waals surface area contributed by atoms with Gasteiger partial charge in [0.1, 0.15) is 15.8 Å². The summed E-state index contributed by atoms with van der Waals surface area (Å²) < 4.78 is 31.9. The van der Waals surface area contributed by atoms with E-state index in [1.165, 1.54) is 22.0 Å².